The number of carbonyl (C=O) groups excluding carboxylic acids is 1. The molecular formula is C9H7N3O3. The maximum absolute atomic E-state index is 10.5. The molecule has 6 heteroatoms. The van der Waals surface area contributed by atoms with Crippen LogP contribution in [0.25, 0.3) is 0 Å². The summed E-state index contributed by atoms with van der Waals surface area (Å²) in [4.78, 5) is 23.8. The molecule has 6 nitrogen and oxygen atoms in total. The molecule has 0 spiro atoms. The Balaban J connectivity index is 2.97. The standard InChI is InChI=1S/C9H7N3O3/c10-8(13)5-1-3-7-4-2-6-11-9(7)12(14)15/h2,4,6H,5H2,(H2,10,13). The summed E-state index contributed by atoms with van der Waals surface area (Å²) < 4.78 is 0. The van der Waals surface area contributed by atoms with Crippen molar-refractivity contribution in [3.05, 3.63) is 34.0 Å². The summed E-state index contributed by atoms with van der Waals surface area (Å²) in [6.07, 6.45) is 1.17. The number of aromatic nitrogens is 1. The van der Waals surface area contributed by atoms with E-state index in [9.17, 15) is 14.9 Å². The first-order chi connectivity index (χ1) is 7.11. The van der Waals surface area contributed by atoms with Gasteiger partial charge in [0.25, 0.3) is 0 Å². The highest BCUT2D eigenvalue weighted by molar-refractivity contribution is 5.76. The minimum atomic E-state index is -0.631. The zero-order valence-corrected chi connectivity index (χ0v) is 7.64. The van der Waals surface area contributed by atoms with E-state index in [1.165, 1.54) is 18.3 Å². The van der Waals surface area contributed by atoms with Gasteiger partial charge in [-0.15, -0.1) is 0 Å². The molecule has 15 heavy (non-hydrogen) atoms. The van der Waals surface area contributed by atoms with E-state index in [0.29, 0.717) is 0 Å². The Labute approximate surface area is 85.3 Å². The molecular weight excluding hydrogens is 198 g/mol. The molecule has 0 atom stereocenters. The molecule has 0 unspecified atom stereocenters. The number of nitrogens with two attached hydrogens (primary N) is 1. The van der Waals surface area contributed by atoms with Crippen molar-refractivity contribution in [2.24, 2.45) is 5.73 Å². The van der Waals surface area contributed by atoms with Crippen LogP contribution in [-0.4, -0.2) is 15.8 Å². The fourth-order valence-electron chi connectivity index (χ4n) is 0.867. The molecule has 0 bridgehead atoms. The smallest absolute Gasteiger partial charge is 0.369 e. The van der Waals surface area contributed by atoms with Crippen molar-refractivity contribution in [1.82, 2.24) is 4.98 Å². The van der Waals surface area contributed by atoms with Crippen LogP contribution in [0.1, 0.15) is 12.0 Å². The number of nitro groups is 1. The number of nitrogens with zero attached hydrogens (tertiary/aromatic N) is 2. The van der Waals surface area contributed by atoms with Gasteiger partial charge < -0.3 is 15.8 Å². The zero-order valence-electron chi connectivity index (χ0n) is 7.64. The third kappa shape index (κ3) is 3.08. The van der Waals surface area contributed by atoms with Crippen molar-refractivity contribution in [2.75, 3.05) is 0 Å². The molecule has 0 radical (unpaired) electrons. The maximum atomic E-state index is 10.5. The van der Waals surface area contributed by atoms with Crippen LogP contribution < -0.4 is 5.73 Å². The normalized spacial score (nSPS) is 8.80. The van der Waals surface area contributed by atoms with Crippen molar-refractivity contribution in [3.63, 3.8) is 0 Å². The third-order valence-electron chi connectivity index (χ3n) is 1.45. The van der Waals surface area contributed by atoms with Crippen LogP contribution >= 0.6 is 0 Å². The lowest BCUT2D eigenvalue weighted by Gasteiger charge is -1.93. The Bertz CT molecular complexity index is 459. The van der Waals surface area contributed by atoms with Crippen LogP contribution in [0.3, 0.4) is 0 Å². The van der Waals surface area contributed by atoms with Crippen molar-refractivity contribution < 1.29 is 9.72 Å². The Morgan fingerprint density at radius 3 is 3.00 bits per heavy atom. The number of hydrogen-bond donors (Lipinski definition) is 1. The molecule has 1 rings (SSSR count). The minimum Gasteiger partial charge on any atom is -0.369 e. The van der Waals surface area contributed by atoms with Crippen molar-refractivity contribution in [1.29, 1.82) is 0 Å². The summed E-state index contributed by atoms with van der Waals surface area (Å²) >= 11 is 0. The fourth-order valence-corrected chi connectivity index (χ4v) is 0.867. The molecule has 1 aromatic rings. The van der Waals surface area contributed by atoms with Crippen LogP contribution in [0.5, 0.6) is 0 Å². The minimum absolute atomic E-state index is 0.133. The summed E-state index contributed by atoms with van der Waals surface area (Å²) in [6.45, 7) is 0. The first kappa shape index (κ1) is 10.7. The van der Waals surface area contributed by atoms with Crippen molar-refractivity contribution in [3.8, 4) is 11.8 Å². The van der Waals surface area contributed by atoms with E-state index < -0.39 is 10.8 Å². The van der Waals surface area contributed by atoms with Gasteiger partial charge in [-0.05, 0) is 22.0 Å². The molecule has 76 valence electrons. The predicted molar refractivity (Wildman–Crippen MR) is 51.6 cm³/mol. The van der Waals surface area contributed by atoms with Crippen LogP contribution in [0, 0.1) is 22.0 Å². The van der Waals surface area contributed by atoms with Gasteiger partial charge in [0.1, 0.15) is 11.8 Å². The largest absolute Gasteiger partial charge is 0.379 e. The summed E-state index contributed by atoms with van der Waals surface area (Å²) in [5.41, 5.74) is 5.03. The van der Waals surface area contributed by atoms with E-state index in [1.807, 2.05) is 0 Å². The molecule has 1 aromatic heterocycles. The van der Waals surface area contributed by atoms with E-state index >= 15 is 0 Å². The molecule has 0 fully saturated rings. The van der Waals surface area contributed by atoms with Gasteiger partial charge in [-0.3, -0.25) is 4.79 Å². The summed E-state index contributed by atoms with van der Waals surface area (Å²) in [6, 6.07) is 2.99. The number of primary amides is 1. The van der Waals surface area contributed by atoms with Crippen molar-refractivity contribution in [2.45, 2.75) is 6.42 Å². The molecule has 0 saturated heterocycles. The molecule has 2 N–H and O–H groups in total. The van der Waals surface area contributed by atoms with Gasteiger partial charge in [-0.1, -0.05) is 11.8 Å². The predicted octanol–water partition coefficient (Wildman–Crippen LogP) is 0.217. The van der Waals surface area contributed by atoms with E-state index in [4.69, 9.17) is 5.73 Å². The Morgan fingerprint density at radius 2 is 2.40 bits per heavy atom. The van der Waals surface area contributed by atoms with E-state index in [1.54, 1.807) is 0 Å². The van der Waals surface area contributed by atoms with Gasteiger partial charge in [0.2, 0.25) is 5.91 Å². The van der Waals surface area contributed by atoms with E-state index in [2.05, 4.69) is 16.8 Å². The van der Waals surface area contributed by atoms with Crippen LogP contribution in [0.2, 0.25) is 0 Å². The highest BCUT2D eigenvalue weighted by Gasteiger charge is 2.11. The van der Waals surface area contributed by atoms with Gasteiger partial charge in [-0.2, -0.15) is 0 Å². The summed E-state index contributed by atoms with van der Waals surface area (Å²) in [5, 5.41) is 10.5. The molecule has 0 aliphatic carbocycles. The van der Waals surface area contributed by atoms with Gasteiger partial charge in [0.15, 0.2) is 0 Å². The summed E-state index contributed by atoms with van der Waals surface area (Å²) in [5.74, 6) is 4.00. The lowest BCUT2D eigenvalue weighted by molar-refractivity contribution is -0.389. The molecule has 1 amide bonds. The molecule has 0 saturated carbocycles. The SMILES string of the molecule is NC(=O)CC#Cc1cccnc1[N+](=O)[O-]. The maximum Gasteiger partial charge on any atom is 0.379 e. The van der Waals surface area contributed by atoms with Crippen LogP contribution in [0.4, 0.5) is 5.82 Å². The average Bonchev–Trinajstić information content (AvgIpc) is 2.17. The van der Waals surface area contributed by atoms with Crippen LogP contribution in [-0.2, 0) is 4.79 Å². The summed E-state index contributed by atoms with van der Waals surface area (Å²) in [7, 11) is 0. The first-order valence-electron chi connectivity index (χ1n) is 3.98. The fraction of sp³-hybridized carbons (Fsp3) is 0.111. The number of amides is 1. The topological polar surface area (TPSA) is 99.1 Å². The molecule has 0 aromatic carbocycles. The molecule has 0 aliphatic rings. The van der Waals surface area contributed by atoms with E-state index in [-0.39, 0.29) is 17.8 Å². The molecule has 1 heterocycles. The van der Waals surface area contributed by atoms with E-state index in [0.717, 1.165) is 0 Å². The second kappa shape index (κ2) is 4.72. The lowest BCUT2D eigenvalue weighted by Crippen LogP contribution is -2.08. The average molecular weight is 205 g/mol. The quantitative estimate of drug-likeness (QED) is 0.424. The second-order valence-corrected chi connectivity index (χ2v) is 2.58. The zero-order chi connectivity index (χ0) is 11.3. The number of hydrogen-bond acceptors (Lipinski definition) is 4. The van der Waals surface area contributed by atoms with Gasteiger partial charge in [0, 0.05) is 0 Å². The monoisotopic (exact) mass is 205 g/mol. The van der Waals surface area contributed by atoms with Gasteiger partial charge in [-0.25, -0.2) is 0 Å². The first-order valence-corrected chi connectivity index (χ1v) is 3.98. The Hall–Kier alpha value is -2.42. The number of carbonyl (C=O) groups is 1. The van der Waals surface area contributed by atoms with Crippen molar-refractivity contribution >= 4 is 11.7 Å². The number of pyridine rings is 1. The van der Waals surface area contributed by atoms with Gasteiger partial charge in [0.05, 0.1) is 6.42 Å². The Kier molecular flexibility index (Phi) is 3.35. The third-order valence-corrected chi connectivity index (χ3v) is 1.45. The highest BCUT2D eigenvalue weighted by atomic mass is 16.6. The Morgan fingerprint density at radius 1 is 1.67 bits per heavy atom. The van der Waals surface area contributed by atoms with Crippen LogP contribution in [0.15, 0.2) is 18.3 Å². The second-order valence-electron chi connectivity index (χ2n) is 2.58. The highest BCUT2D eigenvalue weighted by Crippen LogP contribution is 2.11. The van der Waals surface area contributed by atoms with Gasteiger partial charge >= 0.3 is 5.82 Å². The number of rotatable bonds is 2. The lowest BCUT2D eigenvalue weighted by atomic mass is 10.2. The molecule has 0 aliphatic heterocycles.